The van der Waals surface area contributed by atoms with E-state index in [1.54, 1.807) is 0 Å². The summed E-state index contributed by atoms with van der Waals surface area (Å²) in [7, 11) is 0. The van der Waals surface area contributed by atoms with Crippen molar-refractivity contribution in [1.82, 2.24) is 4.90 Å². The molecule has 1 aliphatic rings. The molecular weight excluding hydrogens is 294 g/mol. The zero-order valence-corrected chi connectivity index (χ0v) is 13.4. The highest BCUT2D eigenvalue weighted by atomic mass is 79.9. The molecule has 1 saturated heterocycles. The summed E-state index contributed by atoms with van der Waals surface area (Å²) in [6.45, 7) is 8.66. The Labute approximate surface area is 119 Å². The van der Waals surface area contributed by atoms with Gasteiger partial charge in [-0.15, -0.1) is 0 Å². The third-order valence-electron chi connectivity index (χ3n) is 3.06. The number of carbonyl (C=O) groups excluding carboxylic acids is 1. The minimum atomic E-state index is -0.407. The van der Waals surface area contributed by atoms with Crippen molar-refractivity contribution in [1.29, 1.82) is 0 Å². The van der Waals surface area contributed by atoms with E-state index in [0.717, 1.165) is 32.2 Å². The molecular formula is C14H24BrNO2. The smallest absolute Gasteiger partial charge is 0.410 e. The standard InChI is InChI=1S/C14H24BrNO2/c1-11(10-15)7-8-12-6-5-9-16(12)13(17)18-14(2,3)4/h10,12H,5-9H2,1-4H3/b11-10+/t12-/m0/s1. The van der Waals surface area contributed by atoms with Crippen LogP contribution in [0.2, 0.25) is 0 Å². The van der Waals surface area contributed by atoms with Gasteiger partial charge in [-0.3, -0.25) is 0 Å². The molecule has 0 aromatic heterocycles. The van der Waals surface area contributed by atoms with Gasteiger partial charge in [0.05, 0.1) is 0 Å². The van der Waals surface area contributed by atoms with E-state index in [9.17, 15) is 4.79 Å². The number of amides is 1. The maximum Gasteiger partial charge on any atom is 0.410 e. The topological polar surface area (TPSA) is 29.5 Å². The minimum absolute atomic E-state index is 0.162. The second-order valence-electron chi connectivity index (χ2n) is 5.96. The lowest BCUT2D eigenvalue weighted by molar-refractivity contribution is 0.0220. The van der Waals surface area contributed by atoms with Crippen LogP contribution in [-0.2, 0) is 4.74 Å². The first-order valence-corrected chi connectivity index (χ1v) is 7.50. The van der Waals surface area contributed by atoms with E-state index in [2.05, 4.69) is 22.9 Å². The molecule has 3 nitrogen and oxygen atoms in total. The number of hydrogen-bond acceptors (Lipinski definition) is 2. The highest BCUT2D eigenvalue weighted by molar-refractivity contribution is 9.11. The number of ether oxygens (including phenoxy) is 1. The Balaban J connectivity index is 2.51. The van der Waals surface area contributed by atoms with Crippen molar-refractivity contribution < 1.29 is 9.53 Å². The molecule has 0 aliphatic carbocycles. The van der Waals surface area contributed by atoms with E-state index in [1.807, 2.05) is 30.7 Å². The average molecular weight is 318 g/mol. The number of allylic oxidation sites excluding steroid dienone is 1. The van der Waals surface area contributed by atoms with Gasteiger partial charge in [0.2, 0.25) is 0 Å². The fourth-order valence-corrected chi connectivity index (χ4v) is 2.37. The lowest BCUT2D eigenvalue weighted by Gasteiger charge is -2.28. The van der Waals surface area contributed by atoms with E-state index in [-0.39, 0.29) is 6.09 Å². The van der Waals surface area contributed by atoms with Crippen LogP contribution in [0.1, 0.15) is 53.4 Å². The largest absolute Gasteiger partial charge is 0.444 e. The van der Waals surface area contributed by atoms with Gasteiger partial charge < -0.3 is 9.64 Å². The number of likely N-dealkylation sites (tertiary alicyclic amines) is 1. The van der Waals surface area contributed by atoms with E-state index in [0.29, 0.717) is 6.04 Å². The molecule has 18 heavy (non-hydrogen) atoms. The van der Waals surface area contributed by atoms with Gasteiger partial charge in [-0.1, -0.05) is 21.5 Å². The lowest BCUT2D eigenvalue weighted by atomic mass is 10.1. The zero-order valence-electron chi connectivity index (χ0n) is 11.8. The fourth-order valence-electron chi connectivity index (χ4n) is 2.15. The van der Waals surface area contributed by atoms with E-state index < -0.39 is 5.60 Å². The van der Waals surface area contributed by atoms with Gasteiger partial charge in [0, 0.05) is 12.6 Å². The van der Waals surface area contributed by atoms with E-state index in [4.69, 9.17) is 4.74 Å². The molecule has 0 unspecified atom stereocenters. The highest BCUT2D eigenvalue weighted by Crippen LogP contribution is 2.25. The molecule has 0 saturated carbocycles. The van der Waals surface area contributed by atoms with Gasteiger partial charge >= 0.3 is 6.09 Å². The van der Waals surface area contributed by atoms with Crippen LogP contribution in [0.15, 0.2) is 10.6 Å². The highest BCUT2D eigenvalue weighted by Gasteiger charge is 2.31. The molecule has 104 valence electrons. The van der Waals surface area contributed by atoms with Crippen molar-refractivity contribution in [2.24, 2.45) is 0 Å². The first-order chi connectivity index (χ1) is 8.33. The van der Waals surface area contributed by atoms with Crippen molar-refractivity contribution in [3.8, 4) is 0 Å². The predicted octanol–water partition coefficient (Wildman–Crippen LogP) is 4.46. The van der Waals surface area contributed by atoms with Crippen molar-refractivity contribution in [2.45, 2.75) is 65.0 Å². The summed E-state index contributed by atoms with van der Waals surface area (Å²) >= 11 is 3.34. The molecule has 0 bridgehead atoms. The second kappa shape index (κ2) is 6.60. The van der Waals surface area contributed by atoms with Crippen LogP contribution in [0.4, 0.5) is 4.79 Å². The Bertz CT molecular complexity index is 320. The van der Waals surface area contributed by atoms with Crippen LogP contribution >= 0.6 is 15.9 Å². The molecule has 1 atom stereocenters. The van der Waals surface area contributed by atoms with Crippen molar-refractivity contribution in [3.05, 3.63) is 10.6 Å². The van der Waals surface area contributed by atoms with Crippen molar-refractivity contribution in [3.63, 3.8) is 0 Å². The molecule has 0 N–H and O–H groups in total. The van der Waals surface area contributed by atoms with E-state index >= 15 is 0 Å². The SMILES string of the molecule is C/C(=C\Br)CC[C@@H]1CCCN1C(=O)OC(C)(C)C. The Morgan fingerprint density at radius 2 is 2.17 bits per heavy atom. The Hall–Kier alpha value is -0.510. The molecule has 1 rings (SSSR count). The maximum atomic E-state index is 12.1. The minimum Gasteiger partial charge on any atom is -0.444 e. The molecule has 0 radical (unpaired) electrons. The quantitative estimate of drug-likeness (QED) is 0.768. The number of nitrogens with zero attached hydrogens (tertiary/aromatic N) is 1. The van der Waals surface area contributed by atoms with Crippen LogP contribution in [0.5, 0.6) is 0 Å². The summed E-state index contributed by atoms with van der Waals surface area (Å²) < 4.78 is 5.45. The lowest BCUT2D eigenvalue weighted by Crippen LogP contribution is -2.39. The maximum absolute atomic E-state index is 12.1. The van der Waals surface area contributed by atoms with Gasteiger partial charge in [0.15, 0.2) is 0 Å². The second-order valence-corrected chi connectivity index (χ2v) is 6.42. The Morgan fingerprint density at radius 3 is 2.72 bits per heavy atom. The van der Waals surface area contributed by atoms with Crippen LogP contribution in [0.25, 0.3) is 0 Å². The van der Waals surface area contributed by atoms with Gasteiger partial charge in [-0.25, -0.2) is 4.79 Å². The van der Waals surface area contributed by atoms with Crippen LogP contribution in [-0.4, -0.2) is 29.2 Å². The molecule has 0 aromatic rings. The van der Waals surface area contributed by atoms with Crippen molar-refractivity contribution in [2.75, 3.05) is 6.54 Å². The number of halogens is 1. The number of rotatable bonds is 3. The van der Waals surface area contributed by atoms with Gasteiger partial charge in [0.1, 0.15) is 5.60 Å². The number of hydrogen-bond donors (Lipinski definition) is 0. The third kappa shape index (κ3) is 5.01. The van der Waals surface area contributed by atoms with Crippen LogP contribution < -0.4 is 0 Å². The van der Waals surface area contributed by atoms with E-state index in [1.165, 1.54) is 5.57 Å². The van der Waals surface area contributed by atoms with Gasteiger partial charge in [-0.2, -0.15) is 0 Å². The number of carbonyl (C=O) groups is 1. The molecule has 4 heteroatoms. The predicted molar refractivity (Wildman–Crippen MR) is 77.9 cm³/mol. The van der Waals surface area contributed by atoms with Gasteiger partial charge in [0.25, 0.3) is 0 Å². The molecule has 0 spiro atoms. The molecule has 1 fully saturated rings. The normalized spacial score (nSPS) is 21.3. The average Bonchev–Trinajstić information content (AvgIpc) is 2.71. The third-order valence-corrected chi connectivity index (χ3v) is 3.84. The first-order valence-electron chi connectivity index (χ1n) is 6.59. The first kappa shape index (κ1) is 15.5. The molecule has 1 amide bonds. The summed E-state index contributed by atoms with van der Waals surface area (Å²) in [5.41, 5.74) is 0.904. The summed E-state index contributed by atoms with van der Waals surface area (Å²) in [4.78, 5) is 15.9. The summed E-state index contributed by atoms with van der Waals surface area (Å²) in [6, 6.07) is 0.335. The van der Waals surface area contributed by atoms with Gasteiger partial charge in [-0.05, 0) is 58.4 Å². The van der Waals surface area contributed by atoms with Crippen molar-refractivity contribution >= 4 is 22.0 Å². The molecule has 1 aliphatic heterocycles. The summed E-state index contributed by atoms with van der Waals surface area (Å²) in [6.07, 6.45) is 4.06. The zero-order chi connectivity index (χ0) is 13.8. The monoisotopic (exact) mass is 317 g/mol. The molecule has 0 aromatic carbocycles. The molecule has 1 heterocycles. The van der Waals surface area contributed by atoms with Crippen LogP contribution in [0.3, 0.4) is 0 Å². The summed E-state index contributed by atoms with van der Waals surface area (Å²) in [5, 5.41) is 0. The Kier molecular flexibility index (Phi) is 5.70. The Morgan fingerprint density at radius 1 is 1.50 bits per heavy atom. The fraction of sp³-hybridized carbons (Fsp3) is 0.786. The summed E-state index contributed by atoms with van der Waals surface area (Å²) in [5.74, 6) is 0. The van der Waals surface area contributed by atoms with Crippen LogP contribution in [0, 0.1) is 0 Å².